The van der Waals surface area contributed by atoms with Crippen LogP contribution in [0.4, 0.5) is 11.6 Å². The Morgan fingerprint density at radius 3 is 2.51 bits per heavy atom. The minimum atomic E-state index is -1.02. The van der Waals surface area contributed by atoms with Crippen LogP contribution in [0.15, 0.2) is 77.6 Å². The van der Waals surface area contributed by atoms with E-state index < -0.39 is 41.8 Å². The predicted molar refractivity (Wildman–Crippen MR) is 181 cm³/mol. The van der Waals surface area contributed by atoms with Crippen LogP contribution in [0.3, 0.4) is 0 Å². The Bertz CT molecular complexity index is 1960. The number of nitrogens with zero attached hydrogens (tertiary/aromatic N) is 3. The SMILES string of the molecule is Cc1oc2nc1C(=O)NCCCC[C@H](NC(=O)c1cnc(Nc3ccccc3)nc1)C(=O)N[C@H](Cc1c[nH]c3ccccc13)C(=O)N[C@@H]2C. The zero-order valence-electron chi connectivity index (χ0n) is 27.1. The molecule has 1 aliphatic heterocycles. The molecular formula is C35H37N9O5. The number of aryl methyl sites for hydroxylation is 1. The number of amides is 4. The first kappa shape index (κ1) is 32.9. The number of H-pyrrole nitrogens is 1. The molecule has 6 rings (SSSR count). The van der Waals surface area contributed by atoms with E-state index in [4.69, 9.17) is 4.42 Å². The highest BCUT2D eigenvalue weighted by Gasteiger charge is 2.30. The molecule has 0 spiro atoms. The number of para-hydroxylation sites is 2. The summed E-state index contributed by atoms with van der Waals surface area (Å²) in [5.41, 5.74) is 2.81. The minimum absolute atomic E-state index is 0.143. The van der Waals surface area contributed by atoms with Gasteiger partial charge in [0.15, 0.2) is 5.69 Å². The van der Waals surface area contributed by atoms with Crippen molar-refractivity contribution in [1.82, 2.24) is 41.2 Å². The second-order valence-electron chi connectivity index (χ2n) is 11.9. The van der Waals surface area contributed by atoms with Gasteiger partial charge in [-0.05, 0) is 56.9 Å². The number of carbonyl (C=O) groups is 4. The van der Waals surface area contributed by atoms with Crippen LogP contribution >= 0.6 is 0 Å². The van der Waals surface area contributed by atoms with Crippen molar-refractivity contribution in [3.63, 3.8) is 0 Å². The van der Waals surface area contributed by atoms with Gasteiger partial charge in [0, 0.05) is 48.1 Å². The molecule has 0 saturated carbocycles. The number of anilines is 2. The smallest absolute Gasteiger partial charge is 0.273 e. The van der Waals surface area contributed by atoms with E-state index in [-0.39, 0.29) is 30.0 Å². The number of carbonyl (C=O) groups excluding carboxylic acids is 4. The molecule has 2 aromatic carbocycles. The number of aromatic amines is 1. The molecule has 6 N–H and O–H groups in total. The lowest BCUT2D eigenvalue weighted by molar-refractivity contribution is -0.130. The number of aromatic nitrogens is 4. The summed E-state index contributed by atoms with van der Waals surface area (Å²) in [4.78, 5) is 70.0. The van der Waals surface area contributed by atoms with Gasteiger partial charge in [-0.1, -0.05) is 36.4 Å². The van der Waals surface area contributed by atoms with E-state index in [1.807, 2.05) is 60.8 Å². The number of oxazole rings is 1. The minimum Gasteiger partial charge on any atom is -0.443 e. The first-order valence-corrected chi connectivity index (χ1v) is 16.1. The third kappa shape index (κ3) is 7.92. The molecule has 0 fully saturated rings. The summed E-state index contributed by atoms with van der Waals surface area (Å²) in [7, 11) is 0. The van der Waals surface area contributed by atoms with Crippen molar-refractivity contribution in [2.24, 2.45) is 0 Å². The Labute approximate surface area is 281 Å². The molecular weight excluding hydrogens is 626 g/mol. The van der Waals surface area contributed by atoms with Crippen LogP contribution in [0.5, 0.6) is 0 Å². The molecule has 0 aliphatic carbocycles. The summed E-state index contributed by atoms with van der Waals surface area (Å²) in [6, 6.07) is 14.3. The van der Waals surface area contributed by atoms with Crippen LogP contribution in [0.2, 0.25) is 0 Å². The summed E-state index contributed by atoms with van der Waals surface area (Å²) in [5.74, 6) is -1.16. The van der Waals surface area contributed by atoms with Crippen molar-refractivity contribution >= 4 is 46.2 Å². The first-order chi connectivity index (χ1) is 23.7. The molecule has 49 heavy (non-hydrogen) atoms. The number of benzene rings is 2. The van der Waals surface area contributed by atoms with Crippen LogP contribution in [-0.2, 0) is 16.0 Å². The Hall–Kier alpha value is -6.05. The van der Waals surface area contributed by atoms with Gasteiger partial charge >= 0.3 is 0 Å². The Balaban J connectivity index is 1.24. The quantitative estimate of drug-likeness (QED) is 0.157. The van der Waals surface area contributed by atoms with Crippen molar-refractivity contribution in [2.75, 3.05) is 11.9 Å². The molecule has 0 radical (unpaired) electrons. The van der Waals surface area contributed by atoms with E-state index in [1.54, 1.807) is 13.8 Å². The number of hydrogen-bond donors (Lipinski definition) is 6. The molecule has 1 aliphatic rings. The highest BCUT2D eigenvalue weighted by Crippen LogP contribution is 2.21. The standard InChI is InChI=1S/C35H37N9O5/c1-20-34-44-29(21(2)49-34)33(48)36-15-9-8-14-27(42-30(45)23-18-38-35(39-19-23)41-24-10-4-3-5-11-24)31(46)43-28(32(47)40-20)16-22-17-37-26-13-7-6-12-25(22)26/h3-7,10-13,17-20,27-28,37H,8-9,14-16H2,1-2H3,(H,36,48)(H,40,47)(H,42,45)(H,43,46)(H,38,39,41)/t20-,27+,28-/m1/s1. The number of hydrogen-bond acceptors (Lipinski definition) is 9. The lowest BCUT2D eigenvalue weighted by Crippen LogP contribution is -2.54. The number of rotatable bonds is 6. The lowest BCUT2D eigenvalue weighted by Gasteiger charge is -2.24. The fourth-order valence-electron chi connectivity index (χ4n) is 5.62. The van der Waals surface area contributed by atoms with Crippen molar-refractivity contribution in [1.29, 1.82) is 0 Å². The summed E-state index contributed by atoms with van der Waals surface area (Å²) in [5, 5.41) is 15.4. The topological polar surface area (TPSA) is 196 Å². The third-order valence-electron chi connectivity index (χ3n) is 8.26. The van der Waals surface area contributed by atoms with Gasteiger partial charge in [-0.25, -0.2) is 15.0 Å². The lowest BCUT2D eigenvalue weighted by atomic mass is 10.0. The monoisotopic (exact) mass is 663 g/mol. The van der Waals surface area contributed by atoms with Gasteiger partial charge in [0.1, 0.15) is 23.9 Å². The molecule has 5 aromatic rings. The second kappa shape index (κ2) is 14.8. The fraction of sp³-hybridized carbons (Fsp3) is 0.286. The highest BCUT2D eigenvalue weighted by atomic mass is 16.4. The van der Waals surface area contributed by atoms with Gasteiger partial charge in [0.05, 0.1) is 5.56 Å². The van der Waals surface area contributed by atoms with E-state index in [0.29, 0.717) is 31.1 Å². The molecule has 0 saturated heterocycles. The van der Waals surface area contributed by atoms with Crippen molar-refractivity contribution in [3.8, 4) is 0 Å². The molecule has 3 aromatic heterocycles. The zero-order chi connectivity index (χ0) is 34.3. The van der Waals surface area contributed by atoms with Crippen molar-refractivity contribution in [3.05, 3.63) is 102 Å². The summed E-state index contributed by atoms with van der Waals surface area (Å²) in [6.07, 6.45) is 5.97. The van der Waals surface area contributed by atoms with Gasteiger partial charge in [-0.3, -0.25) is 19.2 Å². The second-order valence-corrected chi connectivity index (χ2v) is 11.9. The molecule has 252 valence electrons. The van der Waals surface area contributed by atoms with Gasteiger partial charge in [-0.15, -0.1) is 0 Å². The molecule has 3 atom stereocenters. The summed E-state index contributed by atoms with van der Waals surface area (Å²) in [6.45, 7) is 3.64. The summed E-state index contributed by atoms with van der Waals surface area (Å²) >= 11 is 0. The van der Waals surface area contributed by atoms with Crippen LogP contribution in [0, 0.1) is 6.92 Å². The molecule has 0 unspecified atom stereocenters. The fourth-order valence-corrected chi connectivity index (χ4v) is 5.62. The van der Waals surface area contributed by atoms with E-state index in [1.165, 1.54) is 12.4 Å². The molecule has 4 heterocycles. The maximum absolute atomic E-state index is 13.9. The first-order valence-electron chi connectivity index (χ1n) is 16.1. The van der Waals surface area contributed by atoms with E-state index in [9.17, 15) is 19.2 Å². The zero-order valence-corrected chi connectivity index (χ0v) is 27.1. The summed E-state index contributed by atoms with van der Waals surface area (Å²) < 4.78 is 5.74. The van der Waals surface area contributed by atoms with Crippen LogP contribution < -0.4 is 26.6 Å². The largest absolute Gasteiger partial charge is 0.443 e. The third-order valence-corrected chi connectivity index (χ3v) is 8.26. The number of fused-ring (bicyclic) bond motifs is 3. The van der Waals surface area contributed by atoms with E-state index in [2.05, 4.69) is 46.5 Å². The normalized spacial score (nSPS) is 19.1. The van der Waals surface area contributed by atoms with Crippen molar-refractivity contribution in [2.45, 2.75) is 57.7 Å². The maximum Gasteiger partial charge on any atom is 0.273 e. The number of nitrogens with one attached hydrogen (secondary N) is 6. The Morgan fingerprint density at radius 1 is 0.959 bits per heavy atom. The highest BCUT2D eigenvalue weighted by molar-refractivity contribution is 5.98. The predicted octanol–water partition coefficient (Wildman–Crippen LogP) is 3.61. The molecule has 14 heteroatoms. The van der Waals surface area contributed by atoms with Gasteiger partial charge in [0.25, 0.3) is 11.8 Å². The maximum atomic E-state index is 13.9. The average molecular weight is 664 g/mol. The Kier molecular flexibility index (Phi) is 9.93. The van der Waals surface area contributed by atoms with Crippen LogP contribution in [0.1, 0.15) is 70.3 Å². The van der Waals surface area contributed by atoms with E-state index in [0.717, 1.165) is 22.2 Å². The van der Waals surface area contributed by atoms with Crippen LogP contribution in [0.25, 0.3) is 10.9 Å². The molecule has 2 bridgehead atoms. The van der Waals surface area contributed by atoms with Gasteiger partial charge in [0.2, 0.25) is 23.7 Å². The van der Waals surface area contributed by atoms with Crippen LogP contribution in [-0.4, -0.2) is 62.2 Å². The molecule has 14 nitrogen and oxygen atoms in total. The Morgan fingerprint density at radius 2 is 1.71 bits per heavy atom. The average Bonchev–Trinajstić information content (AvgIpc) is 3.70. The van der Waals surface area contributed by atoms with Crippen molar-refractivity contribution < 1.29 is 23.6 Å². The van der Waals surface area contributed by atoms with E-state index >= 15 is 0 Å². The van der Waals surface area contributed by atoms with Gasteiger partial charge < -0.3 is 36.0 Å². The van der Waals surface area contributed by atoms with Gasteiger partial charge in [-0.2, -0.15) is 0 Å². The molecule has 4 amide bonds.